The summed E-state index contributed by atoms with van der Waals surface area (Å²) < 4.78 is 4.98. The van der Waals surface area contributed by atoms with Crippen molar-refractivity contribution in [2.45, 2.75) is 25.7 Å². The molecular weight excluding hydrogens is 280 g/mol. The maximum absolute atomic E-state index is 11.5. The highest BCUT2D eigenvalue weighted by Gasteiger charge is 2.38. The summed E-state index contributed by atoms with van der Waals surface area (Å²) >= 11 is 0. The summed E-state index contributed by atoms with van der Waals surface area (Å²) in [4.78, 5) is 20.6. The van der Waals surface area contributed by atoms with Crippen LogP contribution in [-0.4, -0.2) is 18.1 Å². The first kappa shape index (κ1) is 15.8. The first-order valence-electron chi connectivity index (χ1n) is 7.25. The molecule has 2 aliphatic carbocycles. The molecule has 2 fully saturated rings. The van der Waals surface area contributed by atoms with Crippen molar-refractivity contribution in [3.63, 3.8) is 0 Å². The van der Waals surface area contributed by atoms with Gasteiger partial charge in [-0.1, -0.05) is 12.2 Å². The molecular formula is C17H18N2O3. The van der Waals surface area contributed by atoms with Crippen LogP contribution in [0.1, 0.15) is 36.2 Å². The van der Waals surface area contributed by atoms with E-state index < -0.39 is 0 Å². The van der Waals surface area contributed by atoms with Crippen LogP contribution in [-0.2, 0) is 4.79 Å². The Morgan fingerprint density at radius 2 is 2.32 bits per heavy atom. The molecule has 0 spiro atoms. The summed E-state index contributed by atoms with van der Waals surface area (Å²) in [6.07, 6.45) is 8.69. The average molecular weight is 298 g/mol. The zero-order chi connectivity index (χ0) is 15.8. The highest BCUT2D eigenvalue weighted by atomic mass is 16.3. The molecule has 5 heteroatoms. The van der Waals surface area contributed by atoms with Crippen LogP contribution in [0.2, 0.25) is 0 Å². The minimum absolute atomic E-state index is 0.283. The van der Waals surface area contributed by atoms with E-state index in [9.17, 15) is 4.79 Å². The Labute approximate surface area is 129 Å². The molecule has 1 aromatic heterocycles. The molecule has 1 amide bonds. The Hall–Kier alpha value is -2.57. The van der Waals surface area contributed by atoms with Gasteiger partial charge in [0.2, 0.25) is 0 Å². The molecule has 2 bridgehead atoms. The van der Waals surface area contributed by atoms with Gasteiger partial charge in [-0.2, -0.15) is 5.10 Å². The van der Waals surface area contributed by atoms with Gasteiger partial charge in [0.05, 0.1) is 6.26 Å². The summed E-state index contributed by atoms with van der Waals surface area (Å²) in [5, 5.41) is 4.04. The monoisotopic (exact) mass is 298 g/mol. The molecule has 0 aliphatic heterocycles. The Bertz CT molecular complexity index is 619. The van der Waals surface area contributed by atoms with Gasteiger partial charge in [0.1, 0.15) is 0 Å². The van der Waals surface area contributed by atoms with Crippen molar-refractivity contribution in [2.75, 3.05) is 0 Å². The number of furan rings is 1. The van der Waals surface area contributed by atoms with Crippen LogP contribution in [0.15, 0.2) is 46.0 Å². The summed E-state index contributed by atoms with van der Waals surface area (Å²) in [6.45, 7) is 3.05. The molecule has 3 rings (SSSR count). The van der Waals surface area contributed by atoms with Crippen molar-refractivity contribution < 1.29 is 14.0 Å². The van der Waals surface area contributed by atoms with Crippen LogP contribution in [0.3, 0.4) is 0 Å². The Balaban J connectivity index is 0.000000309. The van der Waals surface area contributed by atoms with Gasteiger partial charge in [0, 0.05) is 11.9 Å². The van der Waals surface area contributed by atoms with Crippen LogP contribution in [0.5, 0.6) is 0 Å². The van der Waals surface area contributed by atoms with Gasteiger partial charge in [-0.3, -0.25) is 4.79 Å². The molecule has 0 radical (unpaired) electrons. The van der Waals surface area contributed by atoms with E-state index in [1.807, 2.05) is 11.9 Å². The number of fused-ring (bicyclic) bond motifs is 2. The third-order valence-corrected chi connectivity index (χ3v) is 4.11. The second-order valence-electron chi connectivity index (χ2n) is 5.44. The van der Waals surface area contributed by atoms with Gasteiger partial charge in [-0.25, -0.2) is 10.2 Å². The fourth-order valence-electron chi connectivity index (χ4n) is 3.17. The Morgan fingerprint density at radius 3 is 2.82 bits per heavy atom. The van der Waals surface area contributed by atoms with Gasteiger partial charge in [0.25, 0.3) is 0 Å². The van der Waals surface area contributed by atoms with E-state index in [1.54, 1.807) is 12.1 Å². The van der Waals surface area contributed by atoms with Crippen molar-refractivity contribution in [3.8, 4) is 0 Å². The lowest BCUT2D eigenvalue weighted by Gasteiger charge is -2.16. The lowest BCUT2D eigenvalue weighted by atomic mass is 9.90. The lowest BCUT2D eigenvalue weighted by Crippen LogP contribution is -2.19. The summed E-state index contributed by atoms with van der Waals surface area (Å²) in [6, 6.07) is 3.32. The van der Waals surface area contributed by atoms with Crippen molar-refractivity contribution in [3.05, 3.63) is 42.2 Å². The van der Waals surface area contributed by atoms with E-state index in [0.29, 0.717) is 11.7 Å². The van der Waals surface area contributed by atoms with Crippen molar-refractivity contribution in [1.82, 2.24) is 5.43 Å². The number of nitrogens with one attached hydrogen (secondary N) is 1. The van der Waals surface area contributed by atoms with Crippen LogP contribution in [0.4, 0.5) is 0 Å². The zero-order valence-electron chi connectivity index (χ0n) is 12.2. The predicted octanol–water partition coefficient (Wildman–Crippen LogP) is 2.75. The minimum Gasteiger partial charge on any atom is -0.459 e. The summed E-state index contributed by atoms with van der Waals surface area (Å²) in [5.74, 6) is 3.62. The van der Waals surface area contributed by atoms with E-state index >= 15 is 0 Å². The second kappa shape index (κ2) is 8.02. The van der Waals surface area contributed by atoms with Crippen LogP contribution < -0.4 is 5.43 Å². The van der Waals surface area contributed by atoms with Gasteiger partial charge in [-0.05, 0) is 55.7 Å². The number of rotatable bonds is 3. The molecule has 2 saturated carbocycles. The van der Waals surface area contributed by atoms with Crippen LogP contribution in [0, 0.1) is 17.8 Å². The quantitative estimate of drug-likeness (QED) is 0.403. The van der Waals surface area contributed by atoms with Crippen molar-refractivity contribution in [2.24, 2.45) is 22.9 Å². The molecule has 22 heavy (non-hydrogen) atoms. The average Bonchev–Trinajstić information content (AvgIpc) is 3.26. The fraction of sp³-hybridized carbons (Fsp3) is 0.412. The number of hydrazone groups is 1. The maximum Gasteiger partial charge on any atom is 0.307 e. The Kier molecular flexibility index (Phi) is 5.76. The first-order valence-corrected chi connectivity index (χ1v) is 7.25. The summed E-state index contributed by atoms with van der Waals surface area (Å²) in [7, 11) is 0. The number of nitrogens with zero attached hydrogens (tertiary/aromatic N) is 1. The van der Waals surface area contributed by atoms with Crippen LogP contribution >= 0.6 is 0 Å². The van der Waals surface area contributed by atoms with Gasteiger partial charge in [0.15, 0.2) is 11.7 Å². The Morgan fingerprint density at radius 1 is 1.45 bits per heavy atom. The molecule has 3 unspecified atom stereocenters. The number of hydrogen-bond acceptors (Lipinski definition) is 4. The number of carbonyl (C=O) groups is 1. The number of hydrogen-bond donors (Lipinski definition) is 1. The van der Waals surface area contributed by atoms with E-state index in [4.69, 9.17) is 9.21 Å². The molecule has 0 saturated heterocycles. The summed E-state index contributed by atoms with van der Waals surface area (Å²) in [5.41, 5.74) is 6.55. The topological polar surface area (TPSA) is 71.7 Å². The number of amides is 1. The van der Waals surface area contributed by atoms with E-state index in [0.717, 1.165) is 11.8 Å². The fourth-order valence-corrected chi connectivity index (χ4v) is 3.17. The first-order chi connectivity index (χ1) is 10.7. The molecule has 1 N–H and O–H groups in total. The van der Waals surface area contributed by atoms with Gasteiger partial charge in [-0.15, -0.1) is 0 Å². The van der Waals surface area contributed by atoms with Gasteiger partial charge < -0.3 is 4.42 Å². The third-order valence-electron chi connectivity index (χ3n) is 4.11. The minimum atomic E-state index is -0.283. The molecule has 1 aromatic rings. The number of carbonyl (C=O) groups excluding carboxylic acids is 2. The molecule has 1 heterocycles. The molecule has 2 aliphatic rings. The lowest BCUT2D eigenvalue weighted by molar-refractivity contribution is 0.0927. The van der Waals surface area contributed by atoms with Crippen LogP contribution in [0.25, 0.3) is 0 Å². The predicted molar refractivity (Wildman–Crippen MR) is 82.0 cm³/mol. The van der Waals surface area contributed by atoms with E-state index in [1.165, 1.54) is 37.9 Å². The highest BCUT2D eigenvalue weighted by Crippen LogP contribution is 2.47. The molecule has 114 valence electrons. The van der Waals surface area contributed by atoms with Gasteiger partial charge >= 0.3 is 5.91 Å². The largest absolute Gasteiger partial charge is 0.459 e. The van der Waals surface area contributed by atoms with E-state index in [2.05, 4.69) is 22.8 Å². The van der Waals surface area contributed by atoms with E-state index in [-0.39, 0.29) is 5.91 Å². The SMILES string of the molecule is C=C=C=C=O.O=C(N/N=C/C1CC2CCC1C2)c1ccco1. The smallest absolute Gasteiger partial charge is 0.307 e. The normalized spacial score (nSPS) is 24.8. The van der Waals surface area contributed by atoms with Crippen molar-refractivity contribution >= 4 is 18.1 Å². The molecule has 0 aromatic carbocycles. The maximum atomic E-state index is 11.5. The van der Waals surface area contributed by atoms with Crippen molar-refractivity contribution in [1.29, 1.82) is 0 Å². The third kappa shape index (κ3) is 4.21. The second-order valence-corrected chi connectivity index (χ2v) is 5.44. The zero-order valence-corrected chi connectivity index (χ0v) is 12.2. The highest BCUT2D eigenvalue weighted by molar-refractivity contribution is 5.91. The molecule has 3 atom stereocenters. The standard InChI is InChI=1S/C13H16N2O2.C4H2O/c16-13(12-2-1-5-17-12)15-14-8-11-7-9-3-4-10(11)6-9;1-2-3-4-5/h1-2,5,8-11H,3-4,6-7H2,(H,15,16);1H2/b14-8+;. The molecule has 5 nitrogen and oxygen atoms in total.